The summed E-state index contributed by atoms with van der Waals surface area (Å²) in [5, 5.41) is 2.94. The highest BCUT2D eigenvalue weighted by Crippen LogP contribution is 2.27. The molecule has 0 bridgehead atoms. The maximum Gasteiger partial charge on any atom is 0.409 e. The molecule has 29 heavy (non-hydrogen) atoms. The quantitative estimate of drug-likeness (QED) is 0.610. The van der Waals surface area contributed by atoms with Crippen LogP contribution in [0.3, 0.4) is 0 Å². The largest absolute Gasteiger partial charge is 0.410 e. The lowest BCUT2D eigenvalue weighted by Crippen LogP contribution is -2.17. The minimum absolute atomic E-state index is 0.203. The summed E-state index contributed by atoms with van der Waals surface area (Å²) in [6.45, 7) is 4.05. The van der Waals surface area contributed by atoms with Crippen LogP contribution in [0.4, 0.5) is 10.5 Å². The SMILES string of the molecule is CCc1ccc(-c2ccccc2C(=O)Nc2ccc(OC(N)=O)c(CC)c2)cc1. The van der Waals surface area contributed by atoms with Crippen molar-refractivity contribution < 1.29 is 14.3 Å². The van der Waals surface area contributed by atoms with E-state index < -0.39 is 6.09 Å². The van der Waals surface area contributed by atoms with Crippen molar-refractivity contribution in [3.63, 3.8) is 0 Å². The number of hydrogen-bond acceptors (Lipinski definition) is 3. The molecule has 5 nitrogen and oxygen atoms in total. The molecule has 0 aliphatic rings. The minimum atomic E-state index is -0.862. The van der Waals surface area contributed by atoms with E-state index in [1.54, 1.807) is 18.2 Å². The van der Waals surface area contributed by atoms with E-state index in [9.17, 15) is 9.59 Å². The van der Waals surface area contributed by atoms with Gasteiger partial charge in [0.05, 0.1) is 0 Å². The second-order valence-corrected chi connectivity index (χ2v) is 6.65. The predicted molar refractivity (Wildman–Crippen MR) is 115 cm³/mol. The Bertz CT molecular complexity index is 1030. The van der Waals surface area contributed by atoms with Gasteiger partial charge in [-0.05, 0) is 59.4 Å². The van der Waals surface area contributed by atoms with Gasteiger partial charge in [0.2, 0.25) is 0 Å². The van der Waals surface area contributed by atoms with E-state index in [1.165, 1.54) is 5.56 Å². The van der Waals surface area contributed by atoms with Gasteiger partial charge in [-0.3, -0.25) is 4.79 Å². The summed E-state index contributed by atoms with van der Waals surface area (Å²) < 4.78 is 5.00. The number of nitrogens with one attached hydrogen (secondary N) is 1. The second kappa shape index (κ2) is 9.06. The number of rotatable bonds is 6. The Kier molecular flexibility index (Phi) is 6.29. The molecule has 0 saturated carbocycles. The highest BCUT2D eigenvalue weighted by Gasteiger charge is 2.14. The van der Waals surface area contributed by atoms with Gasteiger partial charge in [-0.25, -0.2) is 4.79 Å². The molecular formula is C24H24N2O3. The molecular weight excluding hydrogens is 364 g/mol. The molecule has 0 saturated heterocycles. The molecule has 0 aromatic heterocycles. The Balaban J connectivity index is 1.87. The van der Waals surface area contributed by atoms with Crippen LogP contribution in [-0.4, -0.2) is 12.0 Å². The number of aryl methyl sites for hydroxylation is 2. The van der Waals surface area contributed by atoms with Crippen LogP contribution in [0.5, 0.6) is 5.75 Å². The number of ether oxygens (including phenoxy) is 1. The molecule has 2 amide bonds. The Morgan fingerprint density at radius 3 is 2.31 bits per heavy atom. The molecule has 0 unspecified atom stereocenters. The fraction of sp³-hybridized carbons (Fsp3) is 0.167. The first-order valence-corrected chi connectivity index (χ1v) is 9.61. The zero-order valence-electron chi connectivity index (χ0n) is 16.6. The molecule has 5 heteroatoms. The van der Waals surface area contributed by atoms with Crippen molar-refractivity contribution in [3.05, 3.63) is 83.4 Å². The lowest BCUT2D eigenvalue weighted by atomic mass is 9.97. The van der Waals surface area contributed by atoms with E-state index in [0.29, 0.717) is 23.4 Å². The van der Waals surface area contributed by atoms with E-state index in [1.807, 2.05) is 43.3 Å². The third-order valence-corrected chi connectivity index (χ3v) is 4.75. The molecule has 0 spiro atoms. The third-order valence-electron chi connectivity index (χ3n) is 4.75. The number of amides is 2. The standard InChI is InChI=1S/C24H24N2O3/c1-3-16-9-11-18(12-10-16)20-7-5-6-8-21(20)23(27)26-19-13-14-22(29-24(25)28)17(4-2)15-19/h5-15H,3-4H2,1-2H3,(H2,25,28)(H,26,27). The van der Waals surface area contributed by atoms with Crippen molar-refractivity contribution >= 4 is 17.7 Å². The lowest BCUT2D eigenvalue weighted by Gasteiger charge is -2.13. The topological polar surface area (TPSA) is 81.4 Å². The smallest absolute Gasteiger partial charge is 0.409 e. The van der Waals surface area contributed by atoms with Crippen LogP contribution < -0.4 is 15.8 Å². The first-order chi connectivity index (χ1) is 14.0. The molecule has 3 rings (SSSR count). The van der Waals surface area contributed by atoms with Crippen molar-refractivity contribution in [2.24, 2.45) is 5.73 Å². The molecule has 0 aliphatic heterocycles. The van der Waals surface area contributed by atoms with E-state index >= 15 is 0 Å². The molecule has 0 fully saturated rings. The second-order valence-electron chi connectivity index (χ2n) is 6.65. The number of benzene rings is 3. The Morgan fingerprint density at radius 1 is 0.931 bits per heavy atom. The van der Waals surface area contributed by atoms with Gasteiger partial charge >= 0.3 is 6.09 Å². The van der Waals surface area contributed by atoms with E-state index in [0.717, 1.165) is 23.1 Å². The predicted octanol–water partition coefficient (Wildman–Crippen LogP) is 5.19. The summed E-state index contributed by atoms with van der Waals surface area (Å²) in [7, 11) is 0. The normalized spacial score (nSPS) is 10.4. The van der Waals surface area contributed by atoms with Crippen LogP contribution in [0.1, 0.15) is 35.3 Å². The summed E-state index contributed by atoms with van der Waals surface area (Å²) in [6.07, 6.45) is 0.740. The number of primary amides is 1. The summed E-state index contributed by atoms with van der Waals surface area (Å²) in [5.41, 5.74) is 10.2. The van der Waals surface area contributed by atoms with Gasteiger partial charge in [-0.1, -0.05) is 56.3 Å². The molecule has 0 aliphatic carbocycles. The number of anilines is 1. The Labute approximate surface area is 170 Å². The van der Waals surface area contributed by atoms with Crippen molar-refractivity contribution in [1.29, 1.82) is 0 Å². The summed E-state index contributed by atoms with van der Waals surface area (Å²) >= 11 is 0. The van der Waals surface area contributed by atoms with Gasteiger partial charge in [0, 0.05) is 11.3 Å². The molecule has 0 radical (unpaired) electrons. The Hall–Kier alpha value is -3.60. The van der Waals surface area contributed by atoms with Gasteiger partial charge in [-0.2, -0.15) is 0 Å². The Morgan fingerprint density at radius 2 is 1.66 bits per heavy atom. The van der Waals surface area contributed by atoms with Gasteiger partial charge in [0.15, 0.2) is 0 Å². The fourth-order valence-corrected chi connectivity index (χ4v) is 3.19. The average Bonchev–Trinajstić information content (AvgIpc) is 2.74. The summed E-state index contributed by atoms with van der Waals surface area (Å²) in [5.74, 6) is 0.195. The molecule has 0 heterocycles. The van der Waals surface area contributed by atoms with E-state index in [4.69, 9.17) is 10.5 Å². The van der Waals surface area contributed by atoms with E-state index in [-0.39, 0.29) is 5.91 Å². The molecule has 3 N–H and O–H groups in total. The van der Waals surface area contributed by atoms with Crippen LogP contribution in [0, 0.1) is 0 Å². The monoisotopic (exact) mass is 388 g/mol. The maximum atomic E-state index is 13.0. The van der Waals surface area contributed by atoms with Crippen LogP contribution in [0.2, 0.25) is 0 Å². The van der Waals surface area contributed by atoms with Crippen molar-refractivity contribution in [2.45, 2.75) is 26.7 Å². The number of hydrogen-bond donors (Lipinski definition) is 2. The lowest BCUT2D eigenvalue weighted by molar-refractivity contribution is 0.102. The van der Waals surface area contributed by atoms with Crippen molar-refractivity contribution in [1.82, 2.24) is 0 Å². The highest BCUT2D eigenvalue weighted by atomic mass is 16.5. The fourth-order valence-electron chi connectivity index (χ4n) is 3.19. The van der Waals surface area contributed by atoms with Gasteiger partial charge < -0.3 is 15.8 Å². The van der Waals surface area contributed by atoms with Crippen LogP contribution in [-0.2, 0) is 12.8 Å². The first-order valence-electron chi connectivity index (χ1n) is 9.61. The number of nitrogens with two attached hydrogens (primary N) is 1. The molecule has 148 valence electrons. The van der Waals surface area contributed by atoms with Crippen molar-refractivity contribution in [2.75, 3.05) is 5.32 Å². The van der Waals surface area contributed by atoms with Crippen LogP contribution in [0.25, 0.3) is 11.1 Å². The highest BCUT2D eigenvalue weighted by molar-refractivity contribution is 6.08. The van der Waals surface area contributed by atoms with Gasteiger partial charge in [-0.15, -0.1) is 0 Å². The number of carbonyl (C=O) groups is 2. The molecule has 3 aromatic carbocycles. The molecule has 0 atom stereocenters. The van der Waals surface area contributed by atoms with Crippen molar-refractivity contribution in [3.8, 4) is 16.9 Å². The minimum Gasteiger partial charge on any atom is -0.410 e. The zero-order valence-corrected chi connectivity index (χ0v) is 16.6. The zero-order chi connectivity index (χ0) is 20.8. The van der Waals surface area contributed by atoms with Gasteiger partial charge in [0.1, 0.15) is 5.75 Å². The summed E-state index contributed by atoms with van der Waals surface area (Å²) in [4.78, 5) is 24.0. The third kappa shape index (κ3) is 4.82. The maximum absolute atomic E-state index is 13.0. The first kappa shape index (κ1) is 20.1. The molecule has 3 aromatic rings. The summed E-state index contributed by atoms with van der Waals surface area (Å²) in [6, 6.07) is 20.9. The van der Waals surface area contributed by atoms with E-state index in [2.05, 4.69) is 24.4 Å². The van der Waals surface area contributed by atoms with Crippen LogP contribution in [0.15, 0.2) is 66.7 Å². The van der Waals surface area contributed by atoms with Gasteiger partial charge in [0.25, 0.3) is 5.91 Å². The van der Waals surface area contributed by atoms with Crippen LogP contribution >= 0.6 is 0 Å². The number of carbonyl (C=O) groups excluding carboxylic acids is 2. The average molecular weight is 388 g/mol.